The zero-order chi connectivity index (χ0) is 20.6. The SMILES string of the molecule is CC1(c2cc(N3C=C(c4ccccc4C(N)=O)OC3)ccc2F)COCC(N)=N1. The highest BCUT2D eigenvalue weighted by molar-refractivity contribution is 5.97. The van der Waals surface area contributed by atoms with Crippen molar-refractivity contribution in [3.63, 3.8) is 0 Å². The minimum absolute atomic E-state index is 0.214. The maximum absolute atomic E-state index is 14.6. The molecule has 2 aliphatic heterocycles. The number of nitrogens with two attached hydrogens (primary N) is 2. The maximum Gasteiger partial charge on any atom is 0.249 e. The molecule has 1 atom stereocenters. The molecule has 2 aromatic carbocycles. The Bertz CT molecular complexity index is 1040. The molecule has 0 fully saturated rings. The van der Waals surface area contributed by atoms with Crippen LogP contribution < -0.4 is 16.4 Å². The van der Waals surface area contributed by atoms with Crippen molar-refractivity contribution in [2.75, 3.05) is 24.8 Å². The lowest BCUT2D eigenvalue weighted by Gasteiger charge is -2.31. The summed E-state index contributed by atoms with van der Waals surface area (Å²) in [6, 6.07) is 11.7. The van der Waals surface area contributed by atoms with Gasteiger partial charge in [-0.3, -0.25) is 9.79 Å². The van der Waals surface area contributed by atoms with Gasteiger partial charge in [-0.1, -0.05) is 18.2 Å². The van der Waals surface area contributed by atoms with E-state index in [1.165, 1.54) is 6.07 Å². The van der Waals surface area contributed by atoms with Crippen molar-refractivity contribution in [3.8, 4) is 0 Å². The van der Waals surface area contributed by atoms with Crippen molar-refractivity contribution in [2.45, 2.75) is 12.5 Å². The summed E-state index contributed by atoms with van der Waals surface area (Å²) in [4.78, 5) is 17.9. The molecule has 8 heteroatoms. The van der Waals surface area contributed by atoms with Crippen LogP contribution in [-0.2, 0) is 15.0 Å². The normalized spacial score (nSPS) is 21.4. The summed E-state index contributed by atoms with van der Waals surface area (Å²) in [6.45, 7) is 2.47. The fourth-order valence-electron chi connectivity index (χ4n) is 3.54. The highest BCUT2D eigenvalue weighted by Gasteiger charge is 2.33. The first-order valence-corrected chi connectivity index (χ1v) is 9.10. The van der Waals surface area contributed by atoms with Crippen molar-refractivity contribution in [1.82, 2.24) is 0 Å². The van der Waals surface area contributed by atoms with E-state index in [0.29, 0.717) is 34.0 Å². The van der Waals surface area contributed by atoms with E-state index in [1.807, 2.05) is 4.90 Å². The summed E-state index contributed by atoms with van der Waals surface area (Å²) in [5.41, 5.74) is 12.4. The number of amides is 1. The lowest BCUT2D eigenvalue weighted by molar-refractivity contribution is 0.0999. The molecule has 4 rings (SSSR count). The predicted molar refractivity (Wildman–Crippen MR) is 108 cm³/mol. The van der Waals surface area contributed by atoms with Crippen LogP contribution in [0.15, 0.2) is 53.7 Å². The average Bonchev–Trinajstić information content (AvgIpc) is 3.18. The summed E-state index contributed by atoms with van der Waals surface area (Å²) >= 11 is 0. The van der Waals surface area contributed by atoms with E-state index >= 15 is 0 Å². The maximum atomic E-state index is 14.6. The van der Waals surface area contributed by atoms with Crippen molar-refractivity contribution >= 4 is 23.2 Å². The van der Waals surface area contributed by atoms with E-state index in [4.69, 9.17) is 20.9 Å². The van der Waals surface area contributed by atoms with Crippen LogP contribution >= 0.6 is 0 Å². The number of hydrogen-bond donors (Lipinski definition) is 2. The van der Waals surface area contributed by atoms with Crippen LogP contribution in [-0.4, -0.2) is 31.7 Å². The molecule has 0 spiro atoms. The number of nitrogens with zero attached hydrogens (tertiary/aromatic N) is 2. The third kappa shape index (κ3) is 3.54. The highest BCUT2D eigenvalue weighted by atomic mass is 19.1. The third-order valence-electron chi connectivity index (χ3n) is 4.98. The van der Waals surface area contributed by atoms with Gasteiger partial charge in [-0.15, -0.1) is 0 Å². The van der Waals surface area contributed by atoms with Gasteiger partial charge < -0.3 is 25.8 Å². The first-order chi connectivity index (χ1) is 13.9. The van der Waals surface area contributed by atoms with Gasteiger partial charge >= 0.3 is 0 Å². The molecule has 2 aliphatic rings. The van der Waals surface area contributed by atoms with Crippen LogP contribution in [0.4, 0.5) is 10.1 Å². The summed E-state index contributed by atoms with van der Waals surface area (Å²) in [5.74, 6) is -0.0759. The number of rotatable bonds is 4. The second kappa shape index (κ2) is 7.21. The lowest BCUT2D eigenvalue weighted by Crippen LogP contribution is -2.38. The van der Waals surface area contributed by atoms with Gasteiger partial charge in [0, 0.05) is 16.8 Å². The topological polar surface area (TPSA) is 103 Å². The fourth-order valence-corrected chi connectivity index (χ4v) is 3.54. The largest absolute Gasteiger partial charge is 0.471 e. The number of ether oxygens (including phenoxy) is 2. The van der Waals surface area contributed by atoms with Gasteiger partial charge in [-0.05, 0) is 31.2 Å². The smallest absolute Gasteiger partial charge is 0.249 e. The zero-order valence-corrected chi connectivity index (χ0v) is 15.9. The standard InChI is InChI=1S/C21H21FN4O3/c1-21(11-28-10-19(23)25-21)16-8-13(6-7-17(16)22)26-9-18(29-12-26)14-4-2-3-5-15(14)20(24)27/h2-9H,10-12H2,1H3,(H2,23,25)(H2,24,27). The number of halogens is 1. The number of primary amides is 1. The van der Waals surface area contributed by atoms with Crippen molar-refractivity contribution < 1.29 is 18.7 Å². The Labute approximate surface area is 167 Å². The Hall–Kier alpha value is -3.39. The van der Waals surface area contributed by atoms with Gasteiger partial charge in [0.25, 0.3) is 0 Å². The second-order valence-electron chi connectivity index (χ2n) is 7.18. The fraction of sp³-hybridized carbons (Fsp3) is 0.238. The molecule has 7 nitrogen and oxygen atoms in total. The molecule has 2 heterocycles. The molecular formula is C21H21FN4O3. The van der Waals surface area contributed by atoms with E-state index in [0.717, 1.165) is 0 Å². The molecule has 29 heavy (non-hydrogen) atoms. The molecule has 1 unspecified atom stereocenters. The molecule has 0 aliphatic carbocycles. The van der Waals surface area contributed by atoms with Crippen molar-refractivity contribution in [1.29, 1.82) is 0 Å². The number of amidine groups is 1. The molecule has 0 bridgehead atoms. The molecular weight excluding hydrogens is 375 g/mol. The van der Waals surface area contributed by atoms with E-state index in [2.05, 4.69) is 4.99 Å². The van der Waals surface area contributed by atoms with E-state index in [1.54, 1.807) is 49.5 Å². The second-order valence-corrected chi connectivity index (χ2v) is 7.18. The van der Waals surface area contributed by atoms with Gasteiger partial charge in [0.15, 0.2) is 6.73 Å². The monoisotopic (exact) mass is 396 g/mol. The average molecular weight is 396 g/mol. The van der Waals surface area contributed by atoms with E-state index in [9.17, 15) is 9.18 Å². The van der Waals surface area contributed by atoms with Gasteiger partial charge in [0.2, 0.25) is 5.91 Å². The molecule has 1 amide bonds. The Balaban J connectivity index is 1.69. The number of carbonyl (C=O) groups is 1. The van der Waals surface area contributed by atoms with E-state index in [-0.39, 0.29) is 25.8 Å². The molecule has 2 aromatic rings. The van der Waals surface area contributed by atoms with Gasteiger partial charge in [-0.25, -0.2) is 4.39 Å². The first-order valence-electron chi connectivity index (χ1n) is 9.10. The van der Waals surface area contributed by atoms with Crippen LogP contribution in [0, 0.1) is 5.82 Å². The van der Waals surface area contributed by atoms with Gasteiger partial charge in [0.1, 0.15) is 29.6 Å². The lowest BCUT2D eigenvalue weighted by atomic mass is 9.91. The number of anilines is 1. The Morgan fingerprint density at radius 2 is 2.07 bits per heavy atom. The zero-order valence-electron chi connectivity index (χ0n) is 15.9. The number of benzene rings is 2. The minimum atomic E-state index is -0.909. The van der Waals surface area contributed by atoms with Crippen LogP contribution in [0.5, 0.6) is 0 Å². The molecule has 0 radical (unpaired) electrons. The van der Waals surface area contributed by atoms with Gasteiger partial charge in [0.05, 0.1) is 18.4 Å². The molecule has 0 saturated heterocycles. The Morgan fingerprint density at radius 1 is 1.28 bits per heavy atom. The van der Waals surface area contributed by atoms with E-state index < -0.39 is 11.4 Å². The quantitative estimate of drug-likeness (QED) is 0.826. The van der Waals surface area contributed by atoms with Crippen LogP contribution in [0.25, 0.3) is 5.76 Å². The van der Waals surface area contributed by atoms with Crippen LogP contribution in [0.1, 0.15) is 28.4 Å². The van der Waals surface area contributed by atoms with Crippen molar-refractivity contribution in [2.24, 2.45) is 16.5 Å². The number of aliphatic imine (C=N–C) groups is 1. The summed E-state index contributed by atoms with van der Waals surface area (Å²) in [6.07, 6.45) is 1.76. The first kappa shape index (κ1) is 18.9. The predicted octanol–water partition coefficient (Wildman–Crippen LogP) is 2.32. The third-order valence-corrected chi connectivity index (χ3v) is 4.98. The summed E-state index contributed by atoms with van der Waals surface area (Å²) in [7, 11) is 0. The van der Waals surface area contributed by atoms with Crippen LogP contribution in [0.3, 0.4) is 0 Å². The number of carbonyl (C=O) groups excluding carboxylic acids is 1. The Morgan fingerprint density at radius 3 is 2.83 bits per heavy atom. The van der Waals surface area contributed by atoms with Gasteiger partial charge in [-0.2, -0.15) is 0 Å². The number of hydrogen-bond acceptors (Lipinski definition) is 6. The van der Waals surface area contributed by atoms with Crippen LogP contribution in [0.2, 0.25) is 0 Å². The Kier molecular flexibility index (Phi) is 4.71. The summed E-state index contributed by atoms with van der Waals surface area (Å²) < 4.78 is 25.8. The highest BCUT2D eigenvalue weighted by Crippen LogP contribution is 2.35. The summed E-state index contributed by atoms with van der Waals surface area (Å²) in [5, 5.41) is 0. The molecule has 150 valence electrons. The molecule has 4 N–H and O–H groups in total. The van der Waals surface area contributed by atoms with Crippen molar-refractivity contribution in [3.05, 3.63) is 71.2 Å². The minimum Gasteiger partial charge on any atom is -0.471 e. The molecule has 0 aromatic heterocycles. The molecule has 0 saturated carbocycles.